The number of ether oxygens (including phenoxy) is 1. The molecule has 0 radical (unpaired) electrons. The Balaban J connectivity index is 2.48. The molecule has 0 saturated carbocycles. The van der Waals surface area contributed by atoms with Crippen LogP contribution < -0.4 is 0 Å². The molecular formula is C17H17NO8S. The van der Waals surface area contributed by atoms with Crippen molar-refractivity contribution in [3.8, 4) is 0 Å². The second-order valence-electron chi connectivity index (χ2n) is 5.59. The topological polar surface area (TPSA) is 144 Å². The number of nitro benzene ring substituents is 1. The first kappa shape index (κ1) is 20.5. The Kier molecular flexibility index (Phi) is 6.26. The van der Waals surface area contributed by atoms with Crippen molar-refractivity contribution >= 4 is 21.5 Å². The Labute approximate surface area is 154 Å². The minimum absolute atomic E-state index is 0.245. The molecule has 2 aromatic carbocycles. The molecule has 0 heterocycles. The van der Waals surface area contributed by atoms with Gasteiger partial charge in [-0.15, -0.1) is 0 Å². The van der Waals surface area contributed by atoms with Crippen LogP contribution in [-0.2, 0) is 19.4 Å². The molecule has 2 N–H and O–H groups in total. The maximum atomic E-state index is 12.8. The quantitative estimate of drug-likeness (QED) is 0.406. The third-order valence-electron chi connectivity index (χ3n) is 3.71. The lowest BCUT2D eigenvalue weighted by atomic mass is 10.0. The zero-order chi connectivity index (χ0) is 20.2. The zero-order valence-corrected chi connectivity index (χ0v) is 14.9. The van der Waals surface area contributed by atoms with Gasteiger partial charge in [0, 0.05) is 13.0 Å². The summed E-state index contributed by atoms with van der Waals surface area (Å²) in [7, 11) is -4.40. The summed E-state index contributed by atoms with van der Waals surface area (Å²) in [6.07, 6.45) is -4.16. The summed E-state index contributed by atoms with van der Waals surface area (Å²) < 4.78 is 30.3. The van der Waals surface area contributed by atoms with Crippen LogP contribution in [0.15, 0.2) is 59.5 Å². The fraction of sp³-hybridized carbons (Fsp3) is 0.235. The average Bonchev–Trinajstić information content (AvgIpc) is 2.65. The van der Waals surface area contributed by atoms with Crippen molar-refractivity contribution in [1.82, 2.24) is 0 Å². The van der Waals surface area contributed by atoms with Gasteiger partial charge in [0.25, 0.3) is 5.69 Å². The lowest BCUT2D eigenvalue weighted by Crippen LogP contribution is -2.41. The van der Waals surface area contributed by atoms with Crippen LogP contribution in [-0.4, -0.2) is 41.1 Å². The van der Waals surface area contributed by atoms with Crippen LogP contribution in [0.5, 0.6) is 0 Å². The summed E-state index contributed by atoms with van der Waals surface area (Å²) in [5.41, 5.74) is -2.98. The number of carbonyl (C=O) groups excluding carboxylic acids is 1. The first-order valence-electron chi connectivity index (χ1n) is 7.72. The molecule has 144 valence electrons. The molecule has 0 bridgehead atoms. The van der Waals surface area contributed by atoms with E-state index in [1.54, 1.807) is 6.07 Å². The number of para-hydroxylation sites is 1. The van der Waals surface area contributed by atoms with Crippen LogP contribution >= 0.6 is 0 Å². The molecule has 0 fully saturated rings. The Morgan fingerprint density at radius 3 is 2.19 bits per heavy atom. The molecule has 0 aliphatic carbocycles. The summed E-state index contributed by atoms with van der Waals surface area (Å²) in [4.78, 5) is 21.5. The van der Waals surface area contributed by atoms with Crippen molar-refractivity contribution in [2.75, 3.05) is 0 Å². The lowest BCUT2D eigenvalue weighted by molar-refractivity contribution is -0.386. The second-order valence-corrected chi connectivity index (χ2v) is 7.61. The van der Waals surface area contributed by atoms with E-state index < -0.39 is 44.1 Å². The van der Waals surface area contributed by atoms with Crippen LogP contribution in [0.4, 0.5) is 5.69 Å². The zero-order valence-electron chi connectivity index (χ0n) is 14.1. The van der Waals surface area contributed by atoms with Gasteiger partial charge in [0.15, 0.2) is 0 Å². The Morgan fingerprint density at radius 1 is 1.07 bits per heavy atom. The van der Waals surface area contributed by atoms with E-state index in [-0.39, 0.29) is 10.5 Å². The largest absolute Gasteiger partial charge is 0.443 e. The monoisotopic (exact) mass is 395 g/mol. The number of esters is 1. The molecule has 0 saturated heterocycles. The van der Waals surface area contributed by atoms with Crippen LogP contribution in [0, 0.1) is 10.1 Å². The number of aliphatic hydroxyl groups is 2. The van der Waals surface area contributed by atoms with E-state index in [1.165, 1.54) is 42.5 Å². The minimum Gasteiger partial charge on any atom is -0.443 e. The number of sulfone groups is 1. The van der Waals surface area contributed by atoms with Crippen molar-refractivity contribution in [3.63, 3.8) is 0 Å². The van der Waals surface area contributed by atoms with Gasteiger partial charge in [0.05, 0.1) is 15.4 Å². The van der Waals surface area contributed by atoms with Crippen molar-refractivity contribution in [3.05, 3.63) is 70.3 Å². The molecular weight excluding hydrogens is 378 g/mol. The second kappa shape index (κ2) is 8.25. The number of benzene rings is 2. The van der Waals surface area contributed by atoms with Crippen LogP contribution in [0.25, 0.3) is 0 Å². The molecule has 0 unspecified atom stereocenters. The SMILES string of the molecule is CC(=O)O[C@H]([C@H](O)[C@@H](O)c1ccccc1[N+](=O)[O-])S(=O)(=O)c1ccccc1. The van der Waals surface area contributed by atoms with Crippen molar-refractivity contribution in [1.29, 1.82) is 0 Å². The fourth-order valence-corrected chi connectivity index (χ4v) is 4.04. The molecule has 3 atom stereocenters. The van der Waals surface area contributed by atoms with Crippen molar-refractivity contribution in [2.24, 2.45) is 0 Å². The predicted molar refractivity (Wildman–Crippen MR) is 93.2 cm³/mol. The standard InChI is InChI=1S/C17H17NO8S/c1-11(19)26-17(27(24,25)12-7-3-2-4-8-12)16(21)15(20)13-9-5-6-10-14(13)18(22)23/h2-10,15-17,20-21H,1H3/t15-,16+,17-/m0/s1. The number of hydrogen-bond acceptors (Lipinski definition) is 8. The van der Waals surface area contributed by atoms with Crippen LogP contribution in [0.3, 0.4) is 0 Å². The van der Waals surface area contributed by atoms with Gasteiger partial charge in [-0.3, -0.25) is 14.9 Å². The molecule has 0 aromatic heterocycles. The van der Waals surface area contributed by atoms with Crippen LogP contribution in [0.2, 0.25) is 0 Å². The van der Waals surface area contributed by atoms with E-state index in [0.717, 1.165) is 13.0 Å². The normalized spacial score (nSPS) is 14.8. The fourth-order valence-electron chi connectivity index (χ4n) is 2.46. The summed E-state index contributed by atoms with van der Waals surface area (Å²) in [6, 6.07) is 11.9. The first-order valence-corrected chi connectivity index (χ1v) is 9.26. The number of aliphatic hydroxyl groups excluding tert-OH is 2. The Hall–Kier alpha value is -2.82. The summed E-state index contributed by atoms with van der Waals surface area (Å²) in [5, 5.41) is 32.0. The van der Waals surface area contributed by atoms with Gasteiger partial charge in [-0.1, -0.05) is 30.3 Å². The van der Waals surface area contributed by atoms with Gasteiger partial charge >= 0.3 is 5.97 Å². The van der Waals surface area contributed by atoms with Gasteiger partial charge in [-0.25, -0.2) is 8.42 Å². The van der Waals surface area contributed by atoms with Gasteiger partial charge in [0.2, 0.25) is 15.3 Å². The van der Waals surface area contributed by atoms with E-state index in [2.05, 4.69) is 0 Å². The van der Waals surface area contributed by atoms with Gasteiger partial charge in [0.1, 0.15) is 12.2 Å². The number of rotatable bonds is 7. The number of carbonyl (C=O) groups is 1. The lowest BCUT2D eigenvalue weighted by Gasteiger charge is -2.26. The molecule has 27 heavy (non-hydrogen) atoms. The van der Waals surface area contributed by atoms with E-state index in [0.29, 0.717) is 0 Å². The van der Waals surface area contributed by atoms with Crippen molar-refractivity contribution < 1.29 is 33.1 Å². The Bertz CT molecular complexity index is 929. The maximum Gasteiger partial charge on any atom is 0.304 e. The summed E-state index contributed by atoms with van der Waals surface area (Å²) in [6.45, 7) is 0.942. The van der Waals surface area contributed by atoms with Gasteiger partial charge < -0.3 is 14.9 Å². The molecule has 0 spiro atoms. The van der Waals surface area contributed by atoms with Gasteiger partial charge in [-0.05, 0) is 18.2 Å². The molecule has 0 amide bonds. The molecule has 0 aliphatic rings. The predicted octanol–water partition coefficient (Wildman–Crippen LogP) is 1.35. The molecule has 2 rings (SSSR count). The first-order chi connectivity index (χ1) is 12.7. The highest BCUT2D eigenvalue weighted by Crippen LogP contribution is 2.31. The smallest absolute Gasteiger partial charge is 0.304 e. The highest BCUT2D eigenvalue weighted by Gasteiger charge is 2.42. The van der Waals surface area contributed by atoms with E-state index in [4.69, 9.17) is 4.74 Å². The number of nitrogens with zero attached hydrogens (tertiary/aromatic N) is 1. The molecule has 2 aromatic rings. The number of nitro groups is 1. The third-order valence-corrected chi connectivity index (χ3v) is 5.63. The molecule has 9 nitrogen and oxygen atoms in total. The third kappa shape index (κ3) is 4.48. The van der Waals surface area contributed by atoms with Crippen molar-refractivity contribution in [2.45, 2.75) is 29.5 Å². The molecule has 0 aliphatic heterocycles. The Morgan fingerprint density at radius 2 is 1.63 bits per heavy atom. The average molecular weight is 395 g/mol. The minimum atomic E-state index is -4.40. The van der Waals surface area contributed by atoms with Crippen LogP contribution in [0.1, 0.15) is 18.6 Å². The van der Waals surface area contributed by atoms with E-state index in [1.807, 2.05) is 0 Å². The van der Waals surface area contributed by atoms with E-state index in [9.17, 15) is 33.5 Å². The number of hydrogen-bond donors (Lipinski definition) is 2. The highest BCUT2D eigenvalue weighted by atomic mass is 32.2. The maximum absolute atomic E-state index is 12.8. The van der Waals surface area contributed by atoms with Gasteiger partial charge in [-0.2, -0.15) is 0 Å². The highest BCUT2D eigenvalue weighted by molar-refractivity contribution is 7.92. The summed E-state index contributed by atoms with van der Waals surface area (Å²) in [5.74, 6) is -1.01. The molecule has 10 heteroatoms. The summed E-state index contributed by atoms with van der Waals surface area (Å²) >= 11 is 0. The van der Waals surface area contributed by atoms with E-state index >= 15 is 0 Å².